The smallest absolute Gasteiger partial charge is 0.0435 e. The highest BCUT2D eigenvalue weighted by Crippen LogP contribution is 2.69. The van der Waals surface area contributed by atoms with E-state index in [0.29, 0.717) is 22.2 Å². The van der Waals surface area contributed by atoms with Gasteiger partial charge in [0.1, 0.15) is 0 Å². The van der Waals surface area contributed by atoms with E-state index in [0.717, 1.165) is 47.3 Å². The van der Waals surface area contributed by atoms with Crippen LogP contribution in [0.4, 0.5) is 11.4 Å². The third-order valence-corrected chi connectivity index (χ3v) is 15.9. The van der Waals surface area contributed by atoms with Gasteiger partial charge in [0.15, 0.2) is 0 Å². The molecule has 2 aromatic rings. The molecule has 12 fully saturated rings. The summed E-state index contributed by atoms with van der Waals surface area (Å²) in [6, 6.07) is 24.2. The second-order valence-corrected chi connectivity index (χ2v) is 19.0. The number of nitrogens with zero attached hydrogens (tertiary/aromatic N) is 2. The third kappa shape index (κ3) is 3.61. The fourth-order valence-corrected chi connectivity index (χ4v) is 16.6. The molecule has 0 unspecified atom stereocenters. The first-order valence-corrected chi connectivity index (χ1v) is 19.2. The maximum atomic E-state index is 3.28. The minimum atomic E-state index is 0.326. The molecular weight excluding hydrogens is 532 g/mol. The topological polar surface area (TPSA) is 6.48 Å². The van der Waals surface area contributed by atoms with E-state index in [-0.39, 0.29) is 0 Å². The molecule has 0 aromatic heterocycles. The lowest BCUT2D eigenvalue weighted by Gasteiger charge is -2.75. The molecule has 44 heavy (non-hydrogen) atoms. The molecule has 12 saturated carbocycles. The van der Waals surface area contributed by atoms with Crippen LogP contribution >= 0.6 is 0 Å². The van der Waals surface area contributed by atoms with Crippen LogP contribution in [0.15, 0.2) is 60.7 Å². The fourth-order valence-electron chi connectivity index (χ4n) is 16.6. The summed E-state index contributed by atoms with van der Waals surface area (Å²) in [4.78, 5) is 6.55. The first-order chi connectivity index (χ1) is 21.5. The first-order valence-electron chi connectivity index (χ1n) is 19.2. The van der Waals surface area contributed by atoms with Crippen molar-refractivity contribution in [1.29, 1.82) is 0 Å². The van der Waals surface area contributed by atoms with E-state index in [9.17, 15) is 0 Å². The number of benzene rings is 2. The molecule has 14 rings (SSSR count). The van der Waals surface area contributed by atoms with Crippen LogP contribution in [0.2, 0.25) is 0 Å². The van der Waals surface area contributed by atoms with Crippen molar-refractivity contribution in [1.82, 2.24) is 0 Å². The Bertz CT molecular complexity index is 1240. The van der Waals surface area contributed by atoms with Gasteiger partial charge >= 0.3 is 0 Å². The Morgan fingerprint density at radius 3 is 0.932 bits per heavy atom. The SMILES string of the molecule is c1ccc(N(C23CC4CC(CC(C4)C2)C3)C23CC4CC(C2)CC(N(c2ccccc2)C25CC6CC(CC(C6)C2)C5)(C4)C3)cc1. The van der Waals surface area contributed by atoms with Crippen molar-refractivity contribution in [2.24, 2.45) is 47.3 Å². The molecule has 12 bridgehead atoms. The number of hydrogen-bond acceptors (Lipinski definition) is 2. The van der Waals surface area contributed by atoms with E-state index in [1.54, 1.807) is 11.4 Å². The van der Waals surface area contributed by atoms with Crippen LogP contribution in [-0.2, 0) is 0 Å². The van der Waals surface area contributed by atoms with E-state index in [1.807, 2.05) is 0 Å². The largest absolute Gasteiger partial charge is 0.360 e. The molecule has 0 atom stereocenters. The fraction of sp³-hybridized carbons (Fsp3) is 0.714. The molecule has 12 aliphatic rings. The normalized spacial score (nSPS) is 50.4. The van der Waals surface area contributed by atoms with Crippen LogP contribution in [0.25, 0.3) is 0 Å². The first kappa shape index (κ1) is 26.1. The lowest BCUT2D eigenvalue weighted by molar-refractivity contribution is -0.0834. The number of rotatable bonds is 6. The zero-order valence-corrected chi connectivity index (χ0v) is 27.0. The molecule has 2 heteroatoms. The molecule has 0 saturated heterocycles. The zero-order valence-electron chi connectivity index (χ0n) is 27.0. The van der Waals surface area contributed by atoms with Gasteiger partial charge in [0.2, 0.25) is 0 Å². The van der Waals surface area contributed by atoms with Crippen molar-refractivity contribution in [3.05, 3.63) is 60.7 Å². The minimum absolute atomic E-state index is 0.326. The van der Waals surface area contributed by atoms with Gasteiger partial charge in [-0.3, -0.25) is 0 Å². The van der Waals surface area contributed by atoms with Crippen LogP contribution in [0.5, 0.6) is 0 Å². The molecule has 0 heterocycles. The zero-order chi connectivity index (χ0) is 28.7. The maximum Gasteiger partial charge on any atom is 0.0435 e. The Labute approximate surface area is 266 Å². The van der Waals surface area contributed by atoms with Crippen LogP contribution in [0, 0.1) is 47.3 Å². The predicted molar refractivity (Wildman–Crippen MR) is 180 cm³/mol. The Hall–Kier alpha value is -1.96. The van der Waals surface area contributed by atoms with Crippen molar-refractivity contribution >= 4 is 11.4 Å². The summed E-state index contributed by atoms with van der Waals surface area (Å²) in [7, 11) is 0. The average Bonchev–Trinajstić information content (AvgIpc) is 2.96. The minimum Gasteiger partial charge on any atom is -0.360 e. The van der Waals surface area contributed by atoms with Gasteiger partial charge in [-0.1, -0.05) is 36.4 Å². The number of anilines is 2. The van der Waals surface area contributed by atoms with E-state index in [2.05, 4.69) is 70.5 Å². The van der Waals surface area contributed by atoms with Gasteiger partial charge in [0, 0.05) is 33.5 Å². The summed E-state index contributed by atoms with van der Waals surface area (Å²) in [6.45, 7) is 0. The molecule has 0 spiro atoms. The highest BCUT2D eigenvalue weighted by molar-refractivity contribution is 5.58. The van der Waals surface area contributed by atoms with Gasteiger partial charge in [-0.2, -0.15) is 0 Å². The lowest BCUT2D eigenvalue weighted by atomic mass is 9.45. The van der Waals surface area contributed by atoms with E-state index >= 15 is 0 Å². The molecule has 12 aliphatic carbocycles. The molecule has 232 valence electrons. The summed E-state index contributed by atoms with van der Waals surface area (Å²) < 4.78 is 0. The monoisotopic (exact) mass is 586 g/mol. The predicted octanol–water partition coefficient (Wildman–Crippen LogP) is 10.0. The average molecular weight is 587 g/mol. The summed E-state index contributed by atoms with van der Waals surface area (Å²) in [6.07, 6.45) is 26.9. The number of para-hydroxylation sites is 2. The van der Waals surface area contributed by atoms with Crippen molar-refractivity contribution < 1.29 is 0 Å². The highest BCUT2D eigenvalue weighted by atomic mass is 15.3. The van der Waals surface area contributed by atoms with Gasteiger partial charge in [-0.25, -0.2) is 0 Å². The van der Waals surface area contributed by atoms with Crippen molar-refractivity contribution in [2.45, 2.75) is 138 Å². The van der Waals surface area contributed by atoms with Crippen LogP contribution in [0.3, 0.4) is 0 Å². The van der Waals surface area contributed by atoms with Gasteiger partial charge in [-0.15, -0.1) is 0 Å². The second kappa shape index (κ2) is 8.89. The van der Waals surface area contributed by atoms with Gasteiger partial charge < -0.3 is 9.80 Å². The summed E-state index contributed by atoms with van der Waals surface area (Å²) in [5.74, 6) is 7.73. The van der Waals surface area contributed by atoms with Crippen molar-refractivity contribution in [3.63, 3.8) is 0 Å². The van der Waals surface area contributed by atoms with Crippen LogP contribution in [-0.4, -0.2) is 22.2 Å². The Morgan fingerprint density at radius 1 is 0.341 bits per heavy atom. The van der Waals surface area contributed by atoms with E-state index in [4.69, 9.17) is 0 Å². The summed E-state index contributed by atoms with van der Waals surface area (Å²) >= 11 is 0. The highest BCUT2D eigenvalue weighted by Gasteiger charge is 2.68. The second-order valence-electron chi connectivity index (χ2n) is 19.0. The Morgan fingerprint density at radius 2 is 0.614 bits per heavy atom. The van der Waals surface area contributed by atoms with Crippen molar-refractivity contribution in [3.8, 4) is 0 Å². The molecule has 0 amide bonds. The third-order valence-electron chi connectivity index (χ3n) is 15.9. The van der Waals surface area contributed by atoms with E-state index < -0.39 is 0 Å². The molecule has 0 aliphatic heterocycles. The van der Waals surface area contributed by atoms with Gasteiger partial charge in [0.25, 0.3) is 0 Å². The van der Waals surface area contributed by atoms with Crippen LogP contribution < -0.4 is 9.80 Å². The molecular formula is C42H54N2. The van der Waals surface area contributed by atoms with Crippen molar-refractivity contribution in [2.75, 3.05) is 9.80 Å². The van der Waals surface area contributed by atoms with Gasteiger partial charge in [-0.05, 0) is 187 Å². The summed E-state index contributed by atoms with van der Waals surface area (Å²) in [5.41, 5.74) is 4.64. The van der Waals surface area contributed by atoms with Gasteiger partial charge in [0.05, 0.1) is 0 Å². The molecule has 0 radical (unpaired) electrons. The molecule has 2 nitrogen and oxygen atoms in total. The Kier molecular flexibility index (Phi) is 5.28. The number of hydrogen-bond donors (Lipinski definition) is 0. The standard InChI is InChI=1S/C42H54N2/c1-3-7-37(8-4-1)43(39-18-29-11-30(19-39)13-31(12-29)20-39)41-24-35-17-36(25-41)27-42(26-35,28-41)44(38-9-5-2-6-10-38)40-21-32-14-33(22-40)16-34(15-32)23-40/h1-10,29-36H,11-28H2. The maximum absolute atomic E-state index is 3.28. The lowest BCUT2D eigenvalue weighted by Crippen LogP contribution is -2.78. The molecule has 2 aromatic carbocycles. The quantitative estimate of drug-likeness (QED) is 0.332. The van der Waals surface area contributed by atoms with E-state index in [1.165, 1.54) is 116 Å². The Balaban J connectivity index is 1.07. The summed E-state index contributed by atoms with van der Waals surface area (Å²) in [5, 5.41) is 0. The molecule has 0 N–H and O–H groups in total. The van der Waals surface area contributed by atoms with Crippen LogP contribution in [0.1, 0.15) is 116 Å².